The van der Waals surface area contributed by atoms with Crippen LogP contribution >= 0.6 is 23.2 Å². The lowest BCUT2D eigenvalue weighted by molar-refractivity contribution is -0.136. The van der Waals surface area contributed by atoms with Gasteiger partial charge in [-0.05, 0) is 31.0 Å². The topological polar surface area (TPSA) is 58.6 Å². The molecule has 2 amide bonds. The highest BCUT2D eigenvalue weighted by molar-refractivity contribution is 6.34. The van der Waals surface area contributed by atoms with Crippen molar-refractivity contribution in [1.82, 2.24) is 10.2 Å². The monoisotopic (exact) mass is 330 g/mol. The van der Waals surface area contributed by atoms with E-state index in [-0.39, 0.29) is 31.0 Å². The molecule has 0 spiro atoms. The van der Waals surface area contributed by atoms with Gasteiger partial charge in [0.15, 0.2) is 6.61 Å². The van der Waals surface area contributed by atoms with Gasteiger partial charge in [0.05, 0.1) is 6.54 Å². The number of likely N-dealkylation sites (N-methyl/N-ethyl adjacent to an activating group) is 1. The van der Waals surface area contributed by atoms with Crippen LogP contribution < -0.4 is 10.1 Å². The average molecular weight is 331 g/mol. The van der Waals surface area contributed by atoms with Crippen LogP contribution in [0.1, 0.15) is 12.8 Å². The van der Waals surface area contributed by atoms with Crippen molar-refractivity contribution >= 4 is 35.0 Å². The first-order valence-electron chi connectivity index (χ1n) is 6.56. The summed E-state index contributed by atoms with van der Waals surface area (Å²) in [4.78, 5) is 24.8. The van der Waals surface area contributed by atoms with Crippen LogP contribution in [0.3, 0.4) is 0 Å². The van der Waals surface area contributed by atoms with Gasteiger partial charge in [-0.15, -0.1) is 0 Å². The predicted octanol–water partition coefficient (Wildman–Crippen LogP) is 2.11. The summed E-state index contributed by atoms with van der Waals surface area (Å²) in [7, 11) is 1.56. The molecule has 0 unspecified atom stereocenters. The molecule has 1 aliphatic carbocycles. The zero-order valence-electron chi connectivity index (χ0n) is 11.6. The average Bonchev–Trinajstić information content (AvgIpc) is 3.18. The van der Waals surface area contributed by atoms with Gasteiger partial charge < -0.3 is 15.0 Å². The van der Waals surface area contributed by atoms with E-state index in [4.69, 9.17) is 27.9 Å². The molecule has 5 nitrogen and oxygen atoms in total. The normalized spacial score (nSPS) is 13.7. The smallest absolute Gasteiger partial charge is 0.260 e. The molecule has 0 aromatic heterocycles. The van der Waals surface area contributed by atoms with E-state index in [1.807, 2.05) is 0 Å². The summed E-state index contributed by atoms with van der Waals surface area (Å²) in [5, 5.41) is 3.68. The van der Waals surface area contributed by atoms with E-state index < -0.39 is 0 Å². The van der Waals surface area contributed by atoms with Crippen molar-refractivity contribution in [3.8, 4) is 5.75 Å². The van der Waals surface area contributed by atoms with Crippen molar-refractivity contribution in [2.24, 2.45) is 0 Å². The van der Waals surface area contributed by atoms with Crippen molar-refractivity contribution in [2.75, 3.05) is 20.2 Å². The Bertz CT molecular complexity index is 527. The molecular weight excluding hydrogens is 315 g/mol. The Morgan fingerprint density at radius 3 is 2.48 bits per heavy atom. The number of hydrogen-bond acceptors (Lipinski definition) is 3. The van der Waals surface area contributed by atoms with E-state index in [9.17, 15) is 9.59 Å². The molecule has 0 aliphatic heterocycles. The quantitative estimate of drug-likeness (QED) is 0.869. The van der Waals surface area contributed by atoms with Gasteiger partial charge in [0.25, 0.3) is 5.91 Å². The molecule has 21 heavy (non-hydrogen) atoms. The maximum atomic E-state index is 11.9. The van der Waals surface area contributed by atoms with Crippen LogP contribution in [0, 0.1) is 0 Å². The van der Waals surface area contributed by atoms with E-state index in [1.54, 1.807) is 25.2 Å². The van der Waals surface area contributed by atoms with Gasteiger partial charge in [-0.25, -0.2) is 0 Å². The van der Waals surface area contributed by atoms with Gasteiger partial charge >= 0.3 is 0 Å². The van der Waals surface area contributed by atoms with Gasteiger partial charge in [-0.3, -0.25) is 9.59 Å². The molecule has 0 bridgehead atoms. The molecule has 114 valence electrons. The Hall–Kier alpha value is -1.46. The SMILES string of the molecule is CN(CC(=O)NC1CC1)C(=O)COc1cc(Cl)cc(Cl)c1. The third kappa shape index (κ3) is 5.44. The number of halogens is 2. The molecular formula is C14H16Cl2N2O3. The molecule has 1 saturated carbocycles. The fraction of sp³-hybridized carbons (Fsp3) is 0.429. The molecule has 2 rings (SSSR count). The lowest BCUT2D eigenvalue weighted by Gasteiger charge is -2.17. The third-order valence-electron chi connectivity index (χ3n) is 2.95. The molecule has 0 radical (unpaired) electrons. The van der Waals surface area contributed by atoms with E-state index in [0.29, 0.717) is 15.8 Å². The number of carbonyl (C=O) groups is 2. The summed E-state index contributed by atoms with van der Waals surface area (Å²) >= 11 is 11.7. The van der Waals surface area contributed by atoms with Crippen LogP contribution in [0.4, 0.5) is 0 Å². The Morgan fingerprint density at radius 2 is 1.90 bits per heavy atom. The molecule has 1 fully saturated rings. The van der Waals surface area contributed by atoms with Gasteiger partial charge in [-0.2, -0.15) is 0 Å². The largest absolute Gasteiger partial charge is 0.484 e. The molecule has 1 aliphatic rings. The predicted molar refractivity (Wildman–Crippen MR) is 80.8 cm³/mol. The molecule has 1 aromatic rings. The van der Waals surface area contributed by atoms with Crippen LogP contribution in [-0.4, -0.2) is 43.0 Å². The first-order chi connectivity index (χ1) is 9.94. The third-order valence-corrected chi connectivity index (χ3v) is 3.38. The number of carbonyl (C=O) groups excluding carboxylic acids is 2. The molecule has 1 aromatic carbocycles. The van der Waals surface area contributed by atoms with E-state index in [0.717, 1.165) is 12.8 Å². The van der Waals surface area contributed by atoms with Crippen LogP contribution in [-0.2, 0) is 9.59 Å². The highest BCUT2D eigenvalue weighted by Crippen LogP contribution is 2.24. The van der Waals surface area contributed by atoms with E-state index in [1.165, 1.54) is 4.90 Å². The van der Waals surface area contributed by atoms with Crippen LogP contribution in [0.25, 0.3) is 0 Å². The standard InChI is InChI=1S/C14H16Cl2N2O3/c1-18(7-13(19)17-11-2-3-11)14(20)8-21-12-5-9(15)4-10(16)6-12/h4-6,11H,2-3,7-8H2,1H3,(H,17,19). The van der Waals surface area contributed by atoms with Crippen LogP contribution in [0.5, 0.6) is 5.75 Å². The fourth-order valence-corrected chi connectivity index (χ4v) is 2.18. The minimum atomic E-state index is -0.294. The summed E-state index contributed by atoms with van der Waals surface area (Å²) in [6, 6.07) is 5.00. The Labute approximate surface area is 133 Å². The second-order valence-corrected chi connectivity index (χ2v) is 5.86. The minimum Gasteiger partial charge on any atom is -0.484 e. The van der Waals surface area contributed by atoms with Crippen LogP contribution in [0.2, 0.25) is 10.0 Å². The van der Waals surface area contributed by atoms with Crippen LogP contribution in [0.15, 0.2) is 18.2 Å². The lowest BCUT2D eigenvalue weighted by atomic mass is 10.3. The maximum absolute atomic E-state index is 11.9. The number of ether oxygens (including phenoxy) is 1. The molecule has 7 heteroatoms. The zero-order chi connectivity index (χ0) is 15.4. The first-order valence-corrected chi connectivity index (χ1v) is 7.32. The number of nitrogens with zero attached hydrogens (tertiary/aromatic N) is 1. The Morgan fingerprint density at radius 1 is 1.29 bits per heavy atom. The maximum Gasteiger partial charge on any atom is 0.260 e. The highest BCUT2D eigenvalue weighted by Gasteiger charge is 2.24. The molecule has 0 atom stereocenters. The summed E-state index contributed by atoms with van der Waals surface area (Å²) in [5.41, 5.74) is 0. The number of benzene rings is 1. The Kier molecular flexibility index (Phi) is 5.31. The van der Waals surface area contributed by atoms with Gasteiger partial charge in [-0.1, -0.05) is 23.2 Å². The van der Waals surface area contributed by atoms with Crippen molar-refractivity contribution in [1.29, 1.82) is 0 Å². The van der Waals surface area contributed by atoms with E-state index >= 15 is 0 Å². The minimum absolute atomic E-state index is 0.0228. The fourth-order valence-electron chi connectivity index (χ4n) is 1.67. The number of nitrogens with one attached hydrogen (secondary N) is 1. The molecule has 0 heterocycles. The lowest BCUT2D eigenvalue weighted by Crippen LogP contribution is -2.40. The Balaban J connectivity index is 1.78. The second kappa shape index (κ2) is 7.00. The van der Waals surface area contributed by atoms with Crippen molar-refractivity contribution in [3.05, 3.63) is 28.2 Å². The number of rotatable bonds is 6. The van der Waals surface area contributed by atoms with E-state index in [2.05, 4.69) is 5.32 Å². The first kappa shape index (κ1) is 15.9. The summed E-state index contributed by atoms with van der Waals surface area (Å²) < 4.78 is 5.33. The summed E-state index contributed by atoms with van der Waals surface area (Å²) in [6.07, 6.45) is 2.03. The van der Waals surface area contributed by atoms with Crippen molar-refractivity contribution < 1.29 is 14.3 Å². The number of amides is 2. The molecule has 0 saturated heterocycles. The van der Waals surface area contributed by atoms with Crippen molar-refractivity contribution in [3.63, 3.8) is 0 Å². The van der Waals surface area contributed by atoms with Gasteiger partial charge in [0.2, 0.25) is 5.91 Å². The summed E-state index contributed by atoms with van der Waals surface area (Å²) in [5.74, 6) is -0.0344. The second-order valence-electron chi connectivity index (χ2n) is 4.99. The van der Waals surface area contributed by atoms with Crippen molar-refractivity contribution in [2.45, 2.75) is 18.9 Å². The molecule has 1 N–H and O–H groups in total. The summed E-state index contributed by atoms with van der Waals surface area (Å²) in [6.45, 7) is -0.154. The zero-order valence-corrected chi connectivity index (χ0v) is 13.1. The highest BCUT2D eigenvalue weighted by atomic mass is 35.5. The number of hydrogen-bond donors (Lipinski definition) is 1. The van der Waals surface area contributed by atoms with Gasteiger partial charge in [0, 0.05) is 23.1 Å². The van der Waals surface area contributed by atoms with Gasteiger partial charge in [0.1, 0.15) is 5.75 Å².